The van der Waals surface area contributed by atoms with E-state index in [1.807, 2.05) is 0 Å². The molecule has 2 nitrogen and oxygen atoms in total. The highest BCUT2D eigenvalue weighted by atomic mass is 32.1. The minimum Gasteiger partial charge on any atom is -0.326 e. The molecule has 3 heteroatoms. The summed E-state index contributed by atoms with van der Waals surface area (Å²) in [6.07, 6.45) is 5.07. The van der Waals surface area contributed by atoms with E-state index in [0.717, 1.165) is 18.3 Å². The second-order valence-electron chi connectivity index (χ2n) is 6.54. The molecule has 1 aliphatic rings. The van der Waals surface area contributed by atoms with Crippen molar-refractivity contribution in [3.63, 3.8) is 0 Å². The molecule has 0 aliphatic carbocycles. The molecule has 114 valence electrons. The lowest BCUT2D eigenvalue weighted by molar-refractivity contribution is 0.172. The zero-order valence-electron chi connectivity index (χ0n) is 13.2. The quantitative estimate of drug-likeness (QED) is 0.878. The largest absolute Gasteiger partial charge is 0.326 e. The Morgan fingerprint density at radius 1 is 1.35 bits per heavy atom. The van der Waals surface area contributed by atoms with Gasteiger partial charge in [-0.05, 0) is 73.0 Å². The molecule has 0 saturated carbocycles. The maximum atomic E-state index is 6.45. The van der Waals surface area contributed by atoms with Gasteiger partial charge in [0.15, 0.2) is 0 Å². The van der Waals surface area contributed by atoms with Crippen molar-refractivity contribution in [1.29, 1.82) is 0 Å². The lowest BCUT2D eigenvalue weighted by Gasteiger charge is -2.34. The van der Waals surface area contributed by atoms with Crippen LogP contribution >= 0.6 is 11.3 Å². The second-order valence-corrected chi connectivity index (χ2v) is 7.32. The number of nitrogens with zero attached hydrogens (tertiary/aromatic N) is 1. The van der Waals surface area contributed by atoms with Gasteiger partial charge >= 0.3 is 0 Å². The molecule has 3 unspecified atom stereocenters. The zero-order valence-corrected chi connectivity index (χ0v) is 14.0. The maximum absolute atomic E-state index is 6.45. The standard InChI is InChI=1S/C17H30N2S/c1-4-16(18)17(15-8-11-20-12-15)19-9-5-6-14(7-10-19)13(2)3/h8,11-14,16-17H,4-7,9-10,18H2,1-3H3. The molecule has 0 aromatic carbocycles. The van der Waals surface area contributed by atoms with Gasteiger partial charge in [-0.3, -0.25) is 4.90 Å². The Balaban J connectivity index is 2.09. The molecule has 1 fully saturated rings. The Bertz CT molecular complexity index is 374. The van der Waals surface area contributed by atoms with Crippen molar-refractivity contribution in [3.8, 4) is 0 Å². The van der Waals surface area contributed by atoms with Crippen molar-refractivity contribution in [3.05, 3.63) is 22.4 Å². The Hall–Kier alpha value is -0.380. The van der Waals surface area contributed by atoms with Crippen molar-refractivity contribution in [2.75, 3.05) is 13.1 Å². The molecule has 1 aliphatic heterocycles. The minimum atomic E-state index is 0.250. The van der Waals surface area contributed by atoms with Crippen molar-refractivity contribution in [2.45, 2.75) is 58.5 Å². The Kier molecular flexibility index (Phi) is 6.06. The fraction of sp³-hybridized carbons (Fsp3) is 0.765. The second kappa shape index (κ2) is 7.58. The van der Waals surface area contributed by atoms with E-state index in [-0.39, 0.29) is 6.04 Å². The van der Waals surface area contributed by atoms with Crippen LogP contribution in [0.3, 0.4) is 0 Å². The fourth-order valence-electron chi connectivity index (χ4n) is 3.48. The lowest BCUT2D eigenvalue weighted by atomic mass is 9.89. The summed E-state index contributed by atoms with van der Waals surface area (Å²) < 4.78 is 0. The number of nitrogens with two attached hydrogens (primary N) is 1. The van der Waals surface area contributed by atoms with Gasteiger partial charge in [0.2, 0.25) is 0 Å². The highest BCUT2D eigenvalue weighted by Crippen LogP contribution is 2.32. The van der Waals surface area contributed by atoms with Gasteiger partial charge in [0.05, 0.1) is 6.04 Å². The third-order valence-corrected chi connectivity index (χ3v) is 5.61. The monoisotopic (exact) mass is 294 g/mol. The normalized spacial score (nSPS) is 24.6. The van der Waals surface area contributed by atoms with Crippen LogP contribution in [0.2, 0.25) is 0 Å². The van der Waals surface area contributed by atoms with E-state index in [9.17, 15) is 0 Å². The first kappa shape index (κ1) is 16.0. The van der Waals surface area contributed by atoms with Crippen LogP contribution in [0.25, 0.3) is 0 Å². The molecular formula is C17H30N2S. The summed E-state index contributed by atoms with van der Waals surface area (Å²) in [4.78, 5) is 2.65. The van der Waals surface area contributed by atoms with Gasteiger partial charge in [-0.2, -0.15) is 11.3 Å². The van der Waals surface area contributed by atoms with Gasteiger partial charge in [0, 0.05) is 6.04 Å². The molecule has 3 atom stereocenters. The summed E-state index contributed by atoms with van der Waals surface area (Å²) in [5, 5.41) is 4.46. The van der Waals surface area contributed by atoms with Crippen molar-refractivity contribution < 1.29 is 0 Å². The molecule has 0 spiro atoms. The summed E-state index contributed by atoms with van der Waals surface area (Å²) in [5.41, 5.74) is 7.87. The third-order valence-electron chi connectivity index (χ3n) is 4.91. The number of rotatable bonds is 5. The molecule has 2 heterocycles. The van der Waals surface area contributed by atoms with Crippen LogP contribution in [0, 0.1) is 11.8 Å². The highest BCUT2D eigenvalue weighted by Gasteiger charge is 2.28. The summed E-state index contributed by atoms with van der Waals surface area (Å²) in [6, 6.07) is 2.92. The first-order chi connectivity index (χ1) is 9.63. The molecule has 2 rings (SSSR count). The molecule has 0 radical (unpaired) electrons. The first-order valence-electron chi connectivity index (χ1n) is 8.15. The van der Waals surface area contributed by atoms with Crippen LogP contribution in [0.5, 0.6) is 0 Å². The third kappa shape index (κ3) is 3.84. The molecule has 0 amide bonds. The van der Waals surface area contributed by atoms with Gasteiger partial charge in [0.1, 0.15) is 0 Å². The van der Waals surface area contributed by atoms with E-state index in [2.05, 4.69) is 42.5 Å². The number of hydrogen-bond donors (Lipinski definition) is 1. The van der Waals surface area contributed by atoms with Crippen molar-refractivity contribution in [2.24, 2.45) is 17.6 Å². The molecule has 20 heavy (non-hydrogen) atoms. The van der Waals surface area contributed by atoms with Crippen molar-refractivity contribution in [1.82, 2.24) is 4.90 Å². The summed E-state index contributed by atoms with van der Waals surface area (Å²) in [5.74, 6) is 1.70. The van der Waals surface area contributed by atoms with Crippen LogP contribution in [0.15, 0.2) is 16.8 Å². The molecule has 2 N–H and O–H groups in total. The number of hydrogen-bond acceptors (Lipinski definition) is 3. The van der Waals surface area contributed by atoms with Crippen LogP contribution in [0.4, 0.5) is 0 Å². The highest BCUT2D eigenvalue weighted by molar-refractivity contribution is 7.07. The van der Waals surface area contributed by atoms with E-state index in [0.29, 0.717) is 6.04 Å². The predicted molar refractivity (Wildman–Crippen MR) is 89.1 cm³/mol. The number of likely N-dealkylation sites (tertiary alicyclic amines) is 1. The molecule has 1 aromatic rings. The first-order valence-corrected chi connectivity index (χ1v) is 9.09. The average Bonchev–Trinajstić information content (AvgIpc) is 2.83. The van der Waals surface area contributed by atoms with Gasteiger partial charge < -0.3 is 5.73 Å². The summed E-state index contributed by atoms with van der Waals surface area (Å²) >= 11 is 1.79. The van der Waals surface area contributed by atoms with E-state index < -0.39 is 0 Å². The van der Waals surface area contributed by atoms with Gasteiger partial charge in [0.25, 0.3) is 0 Å². The molecule has 0 bridgehead atoms. The molecule has 1 aromatic heterocycles. The van der Waals surface area contributed by atoms with E-state index >= 15 is 0 Å². The van der Waals surface area contributed by atoms with E-state index in [1.165, 1.54) is 37.9 Å². The Labute approximate surface area is 128 Å². The van der Waals surface area contributed by atoms with E-state index in [1.54, 1.807) is 11.3 Å². The van der Waals surface area contributed by atoms with Crippen LogP contribution in [0.1, 0.15) is 58.1 Å². The van der Waals surface area contributed by atoms with Crippen molar-refractivity contribution >= 4 is 11.3 Å². The van der Waals surface area contributed by atoms with Crippen LogP contribution in [-0.2, 0) is 0 Å². The Morgan fingerprint density at radius 3 is 2.75 bits per heavy atom. The Morgan fingerprint density at radius 2 is 2.15 bits per heavy atom. The van der Waals surface area contributed by atoms with Gasteiger partial charge in [-0.1, -0.05) is 20.8 Å². The topological polar surface area (TPSA) is 29.3 Å². The lowest BCUT2D eigenvalue weighted by Crippen LogP contribution is -2.41. The average molecular weight is 295 g/mol. The number of thiophene rings is 1. The summed E-state index contributed by atoms with van der Waals surface area (Å²) in [7, 11) is 0. The molecule has 1 saturated heterocycles. The minimum absolute atomic E-state index is 0.250. The van der Waals surface area contributed by atoms with E-state index in [4.69, 9.17) is 5.73 Å². The van der Waals surface area contributed by atoms with Crippen LogP contribution < -0.4 is 5.73 Å². The molecular weight excluding hydrogens is 264 g/mol. The maximum Gasteiger partial charge on any atom is 0.0507 e. The predicted octanol–water partition coefficient (Wildman–Crippen LogP) is 4.28. The fourth-order valence-corrected chi connectivity index (χ4v) is 4.17. The van der Waals surface area contributed by atoms with Gasteiger partial charge in [-0.15, -0.1) is 0 Å². The van der Waals surface area contributed by atoms with Gasteiger partial charge in [-0.25, -0.2) is 0 Å². The zero-order chi connectivity index (χ0) is 14.5. The van der Waals surface area contributed by atoms with Crippen LogP contribution in [-0.4, -0.2) is 24.0 Å². The SMILES string of the molecule is CCC(N)C(c1ccsc1)N1CCCC(C(C)C)CC1. The smallest absolute Gasteiger partial charge is 0.0507 e. The summed E-state index contributed by atoms with van der Waals surface area (Å²) in [6.45, 7) is 9.36.